The fourth-order valence-corrected chi connectivity index (χ4v) is 5.33. The van der Waals surface area contributed by atoms with Gasteiger partial charge in [-0.25, -0.2) is 9.50 Å². The number of nitrogens with one attached hydrogen (secondary N) is 1. The maximum atomic E-state index is 13.7. The van der Waals surface area contributed by atoms with E-state index in [2.05, 4.69) is 58.8 Å². The summed E-state index contributed by atoms with van der Waals surface area (Å²) in [6.45, 7) is 0.504. The Morgan fingerprint density at radius 2 is 1.40 bits per heavy atom. The van der Waals surface area contributed by atoms with Crippen molar-refractivity contribution in [1.29, 1.82) is 0 Å². The van der Waals surface area contributed by atoms with Crippen LogP contribution in [-0.4, -0.2) is 27.0 Å². The third-order valence-electron chi connectivity index (χ3n) is 7.05. The molecular formula is C34H27ClN4O. The van der Waals surface area contributed by atoms with Gasteiger partial charge < -0.3 is 5.32 Å². The molecule has 0 radical (unpaired) electrons. The van der Waals surface area contributed by atoms with Crippen LogP contribution < -0.4 is 5.32 Å². The summed E-state index contributed by atoms with van der Waals surface area (Å²) in [4.78, 5) is 18.3. The Hall–Kier alpha value is -4.74. The van der Waals surface area contributed by atoms with Crippen molar-refractivity contribution in [3.63, 3.8) is 0 Å². The van der Waals surface area contributed by atoms with Gasteiger partial charge in [-0.3, -0.25) is 4.79 Å². The number of hydrogen-bond donors (Lipinski definition) is 1. The minimum absolute atomic E-state index is 0.168. The van der Waals surface area contributed by atoms with Gasteiger partial charge in [0.2, 0.25) is 0 Å². The highest BCUT2D eigenvalue weighted by Crippen LogP contribution is 2.31. The van der Waals surface area contributed by atoms with Crippen LogP contribution in [0.5, 0.6) is 0 Å². The zero-order chi connectivity index (χ0) is 27.3. The molecule has 2 aromatic heterocycles. The van der Waals surface area contributed by atoms with Crippen molar-refractivity contribution >= 4 is 23.2 Å². The highest BCUT2D eigenvalue weighted by molar-refractivity contribution is 6.33. The highest BCUT2D eigenvalue weighted by atomic mass is 35.5. The number of aromatic nitrogens is 3. The second kappa shape index (κ2) is 11.6. The van der Waals surface area contributed by atoms with Gasteiger partial charge in [-0.15, -0.1) is 0 Å². The number of fused-ring (bicyclic) bond motifs is 1. The molecule has 4 aromatic carbocycles. The third kappa shape index (κ3) is 5.24. The molecule has 1 N–H and O–H groups in total. The number of hydrogen-bond acceptors (Lipinski definition) is 3. The van der Waals surface area contributed by atoms with Crippen molar-refractivity contribution in [2.24, 2.45) is 0 Å². The Balaban J connectivity index is 1.32. The van der Waals surface area contributed by atoms with E-state index in [9.17, 15) is 4.79 Å². The Morgan fingerprint density at radius 3 is 2.05 bits per heavy atom. The van der Waals surface area contributed by atoms with Crippen molar-refractivity contribution in [2.45, 2.75) is 12.3 Å². The summed E-state index contributed by atoms with van der Waals surface area (Å²) >= 11 is 6.46. The molecule has 0 fully saturated rings. The summed E-state index contributed by atoms with van der Waals surface area (Å²) in [5.74, 6) is -0.0240. The van der Waals surface area contributed by atoms with E-state index in [4.69, 9.17) is 16.7 Å². The third-order valence-corrected chi connectivity index (χ3v) is 7.38. The van der Waals surface area contributed by atoms with Crippen LogP contribution in [0.2, 0.25) is 5.02 Å². The SMILES string of the molecule is O=C(NCCC(c1ccccc1)c1ccccc1)c1cnc2cc(-c3ccccc3Cl)nn2c1-c1ccccc1. The summed E-state index contributed by atoms with van der Waals surface area (Å²) in [6.07, 6.45) is 2.39. The van der Waals surface area contributed by atoms with E-state index in [1.165, 1.54) is 11.1 Å². The van der Waals surface area contributed by atoms with Gasteiger partial charge in [0.25, 0.3) is 5.91 Å². The number of nitrogens with zero attached hydrogens (tertiary/aromatic N) is 3. The number of amides is 1. The first kappa shape index (κ1) is 25.5. The van der Waals surface area contributed by atoms with Crippen molar-refractivity contribution in [2.75, 3.05) is 6.54 Å². The van der Waals surface area contributed by atoms with Crippen molar-refractivity contribution < 1.29 is 4.79 Å². The molecule has 196 valence electrons. The average Bonchev–Trinajstić information content (AvgIpc) is 3.44. The van der Waals surface area contributed by atoms with Crippen LogP contribution in [0, 0.1) is 0 Å². The number of benzene rings is 4. The molecular weight excluding hydrogens is 516 g/mol. The van der Waals surface area contributed by atoms with E-state index in [0.29, 0.717) is 34.2 Å². The fourth-order valence-electron chi connectivity index (χ4n) is 5.10. The van der Waals surface area contributed by atoms with Gasteiger partial charge in [-0.05, 0) is 23.6 Å². The number of carbonyl (C=O) groups is 1. The van der Waals surface area contributed by atoms with Gasteiger partial charge in [0, 0.05) is 35.9 Å². The Labute approximate surface area is 238 Å². The number of halogens is 1. The first-order chi connectivity index (χ1) is 19.7. The van der Waals surface area contributed by atoms with Crippen LogP contribution in [0.1, 0.15) is 33.8 Å². The lowest BCUT2D eigenvalue weighted by molar-refractivity contribution is 0.0952. The largest absolute Gasteiger partial charge is 0.352 e. The van der Waals surface area contributed by atoms with Crippen LogP contribution in [0.4, 0.5) is 0 Å². The molecule has 0 unspecified atom stereocenters. The number of rotatable bonds is 8. The predicted octanol–water partition coefficient (Wildman–Crippen LogP) is 7.67. The van der Waals surface area contributed by atoms with Crippen LogP contribution >= 0.6 is 11.6 Å². The first-order valence-electron chi connectivity index (χ1n) is 13.3. The molecule has 5 nitrogen and oxygen atoms in total. The van der Waals surface area contributed by atoms with E-state index in [1.54, 1.807) is 10.7 Å². The monoisotopic (exact) mass is 542 g/mol. The minimum Gasteiger partial charge on any atom is -0.352 e. The average molecular weight is 543 g/mol. The topological polar surface area (TPSA) is 59.3 Å². The summed E-state index contributed by atoms with van der Waals surface area (Å²) in [7, 11) is 0. The second-order valence-corrected chi connectivity index (χ2v) is 9.99. The molecule has 0 bridgehead atoms. The lowest BCUT2D eigenvalue weighted by Gasteiger charge is -2.19. The molecule has 40 heavy (non-hydrogen) atoms. The summed E-state index contributed by atoms with van der Waals surface area (Å²) in [5, 5.41) is 8.60. The van der Waals surface area contributed by atoms with E-state index >= 15 is 0 Å². The molecule has 0 spiro atoms. The lowest BCUT2D eigenvalue weighted by Crippen LogP contribution is -2.27. The smallest absolute Gasteiger partial charge is 0.255 e. The summed E-state index contributed by atoms with van der Waals surface area (Å²) < 4.78 is 1.74. The lowest BCUT2D eigenvalue weighted by atomic mass is 9.88. The standard InChI is InChI=1S/C34H27ClN4O/c35-30-19-11-10-18-28(30)31-22-32-37-23-29(33(39(32)38-31)26-16-8-3-9-17-26)34(40)36-21-20-27(24-12-4-1-5-13-24)25-14-6-2-7-15-25/h1-19,22-23,27H,20-21H2,(H,36,40). The maximum Gasteiger partial charge on any atom is 0.255 e. The zero-order valence-electron chi connectivity index (χ0n) is 21.7. The first-order valence-corrected chi connectivity index (χ1v) is 13.6. The fraction of sp³-hybridized carbons (Fsp3) is 0.0882. The predicted molar refractivity (Wildman–Crippen MR) is 161 cm³/mol. The van der Waals surface area contributed by atoms with E-state index < -0.39 is 0 Å². The molecule has 6 rings (SSSR count). The van der Waals surface area contributed by atoms with Crippen molar-refractivity contribution in [1.82, 2.24) is 19.9 Å². The van der Waals surface area contributed by atoms with Gasteiger partial charge >= 0.3 is 0 Å². The molecule has 0 aliphatic heterocycles. The molecule has 6 aromatic rings. The quantitative estimate of drug-likeness (QED) is 0.215. The maximum absolute atomic E-state index is 13.7. The highest BCUT2D eigenvalue weighted by Gasteiger charge is 2.21. The van der Waals surface area contributed by atoms with Gasteiger partial charge in [-0.1, -0.05) is 121 Å². The molecule has 6 heteroatoms. The summed E-state index contributed by atoms with van der Waals surface area (Å²) in [5.41, 5.74) is 6.61. The normalized spacial score (nSPS) is 11.2. The zero-order valence-corrected chi connectivity index (χ0v) is 22.5. The van der Waals surface area contributed by atoms with Gasteiger partial charge in [0.1, 0.15) is 0 Å². The summed E-state index contributed by atoms with van der Waals surface area (Å²) in [6, 6.07) is 40.1. The van der Waals surface area contributed by atoms with Crippen molar-refractivity contribution in [3.8, 4) is 22.5 Å². The Bertz CT molecular complexity index is 1710. The van der Waals surface area contributed by atoms with Crippen LogP contribution in [-0.2, 0) is 0 Å². The Morgan fingerprint density at radius 1 is 0.800 bits per heavy atom. The number of carbonyl (C=O) groups excluding carboxylic acids is 1. The molecule has 0 aliphatic rings. The van der Waals surface area contributed by atoms with Crippen LogP contribution in [0.25, 0.3) is 28.2 Å². The van der Waals surface area contributed by atoms with Crippen LogP contribution in [0.3, 0.4) is 0 Å². The second-order valence-electron chi connectivity index (χ2n) is 9.58. The van der Waals surface area contributed by atoms with Gasteiger partial charge in [-0.2, -0.15) is 5.10 Å². The van der Waals surface area contributed by atoms with Crippen LogP contribution in [0.15, 0.2) is 128 Å². The molecule has 1 amide bonds. The molecule has 0 atom stereocenters. The van der Waals surface area contributed by atoms with Gasteiger partial charge in [0.15, 0.2) is 5.65 Å². The van der Waals surface area contributed by atoms with E-state index in [-0.39, 0.29) is 11.8 Å². The Kier molecular flexibility index (Phi) is 7.38. The molecule has 2 heterocycles. The molecule has 0 aliphatic carbocycles. The molecule has 0 saturated heterocycles. The van der Waals surface area contributed by atoms with Gasteiger partial charge in [0.05, 0.1) is 22.0 Å². The van der Waals surface area contributed by atoms with E-state index in [0.717, 1.165) is 17.5 Å². The minimum atomic E-state index is -0.192. The van der Waals surface area contributed by atoms with Crippen molar-refractivity contribution in [3.05, 3.63) is 149 Å². The molecule has 0 saturated carbocycles. The van der Waals surface area contributed by atoms with E-state index in [1.807, 2.05) is 72.8 Å².